The van der Waals surface area contributed by atoms with Gasteiger partial charge in [0.2, 0.25) is 11.8 Å². The maximum absolute atomic E-state index is 12.0. The van der Waals surface area contributed by atoms with Crippen molar-refractivity contribution in [2.75, 3.05) is 0 Å². The van der Waals surface area contributed by atoms with Crippen LogP contribution in [-0.4, -0.2) is 40.7 Å². The number of imidazole rings is 2. The second-order valence-electron chi connectivity index (χ2n) is 16.1. The molecule has 0 spiro atoms. The van der Waals surface area contributed by atoms with Gasteiger partial charge in [-0.05, 0) is 42.3 Å². The van der Waals surface area contributed by atoms with Crippen LogP contribution in [0.5, 0.6) is 11.8 Å². The number of carbonyl (C=O) groups is 2. The minimum absolute atomic E-state index is 0.389. The topological polar surface area (TPSA) is 139 Å². The van der Waals surface area contributed by atoms with E-state index in [1.165, 1.54) is 13.8 Å². The summed E-state index contributed by atoms with van der Waals surface area (Å²) in [7, 11) is 0. The van der Waals surface area contributed by atoms with Gasteiger partial charge in [-0.25, -0.2) is 19.9 Å². The van der Waals surface area contributed by atoms with E-state index in [4.69, 9.17) is 38.2 Å². The van der Waals surface area contributed by atoms with Crippen molar-refractivity contribution in [3.05, 3.63) is 215 Å². The van der Waals surface area contributed by atoms with E-state index in [1.54, 1.807) is 0 Å². The van der Waals surface area contributed by atoms with Crippen molar-refractivity contribution in [1.82, 2.24) is 28.7 Å². The van der Waals surface area contributed by atoms with E-state index in [2.05, 4.69) is 24.3 Å². The number of hydrogen-bond donors (Lipinski definition) is 0. The number of fused-ring (bicyclic) bond motifs is 2. The molecule has 0 saturated carbocycles. The molecule has 334 valence electrons. The van der Waals surface area contributed by atoms with Gasteiger partial charge in [0.15, 0.2) is 11.3 Å². The maximum Gasteiger partial charge on any atom is 0.309 e. The third kappa shape index (κ3) is 10.3. The molecule has 0 saturated heterocycles. The fourth-order valence-electron chi connectivity index (χ4n) is 7.92. The van der Waals surface area contributed by atoms with Crippen molar-refractivity contribution < 1.29 is 27.9 Å². The molecule has 10 rings (SSSR count). The van der Waals surface area contributed by atoms with Crippen LogP contribution >= 0.6 is 0 Å². The Labute approximate surface area is 387 Å². The van der Waals surface area contributed by atoms with Gasteiger partial charge in [-0.3, -0.25) is 18.4 Å². The lowest BCUT2D eigenvalue weighted by atomic mass is 10.1. The normalized spacial score (nSPS) is 11.1. The molecule has 0 aliphatic carbocycles. The molecular weight excluding hydrogens is 841 g/mol. The van der Waals surface area contributed by atoms with E-state index in [-0.39, 0.29) is 0 Å². The van der Waals surface area contributed by atoms with Crippen LogP contribution in [0.4, 0.5) is 0 Å². The lowest BCUT2D eigenvalue weighted by Gasteiger charge is -2.10. The molecule has 0 amide bonds. The van der Waals surface area contributed by atoms with Crippen LogP contribution in [0.1, 0.15) is 77.7 Å². The number of ether oxygens (including phenoxy) is 2. The van der Waals surface area contributed by atoms with Gasteiger partial charge in [0.1, 0.15) is 34.4 Å². The van der Waals surface area contributed by atoms with Crippen LogP contribution in [0.15, 0.2) is 167 Å². The molecule has 0 radical (unpaired) electrons. The van der Waals surface area contributed by atoms with E-state index >= 15 is 0 Å². The first-order valence-electron chi connectivity index (χ1n) is 22.2. The fraction of sp³-hybridized carbons (Fsp3) is 0.164. The molecule has 0 N–H and O–H groups in total. The lowest BCUT2D eigenvalue weighted by Crippen LogP contribution is -2.07. The van der Waals surface area contributed by atoms with E-state index in [0.717, 1.165) is 74.5 Å². The molecule has 0 atom stereocenters. The zero-order chi connectivity index (χ0) is 46.3. The Balaban J connectivity index is 0.000000168. The molecule has 6 aromatic heterocycles. The van der Waals surface area contributed by atoms with Gasteiger partial charge in [0.05, 0.1) is 35.6 Å². The van der Waals surface area contributed by atoms with Crippen molar-refractivity contribution in [3.63, 3.8) is 0 Å². The van der Waals surface area contributed by atoms with Crippen molar-refractivity contribution in [2.24, 2.45) is 0 Å². The number of esters is 2. The van der Waals surface area contributed by atoms with E-state index in [1.807, 2.05) is 156 Å². The summed E-state index contributed by atoms with van der Waals surface area (Å²) < 4.78 is 26.7. The monoisotopic (exact) mass is 888 g/mol. The molecule has 12 heteroatoms. The molecule has 0 fully saturated rings. The summed E-state index contributed by atoms with van der Waals surface area (Å²) in [5, 5.41) is 0. The Kier molecular flexibility index (Phi) is 13.0. The van der Waals surface area contributed by atoms with Crippen LogP contribution in [-0.2, 0) is 41.7 Å². The van der Waals surface area contributed by atoms with Gasteiger partial charge < -0.3 is 18.3 Å². The number of nitrogens with zero attached hydrogens (tertiary/aromatic N) is 6. The van der Waals surface area contributed by atoms with Crippen LogP contribution in [0, 0.1) is 6.92 Å². The number of hydrogen-bond acceptors (Lipinski definition) is 10. The number of aromatic nitrogens is 6. The third-order valence-corrected chi connectivity index (χ3v) is 11.0. The SMILES string of the molecule is CC(=O)Oc1c(Cc2ccc(C)o2)nc2c(Cc3ccccc3)nc(-c3ccccc3)cn12.CCc1ccc(Cc2nc3c(Cc4ccccc4)nc(-c4ccccc4)cn3c2OC(C)=O)o1. The summed E-state index contributed by atoms with van der Waals surface area (Å²) in [6, 6.07) is 47.9. The summed E-state index contributed by atoms with van der Waals surface area (Å²) in [6.45, 7) is 6.73. The first-order chi connectivity index (χ1) is 32.7. The molecule has 12 nitrogen and oxygen atoms in total. The first kappa shape index (κ1) is 43.9. The van der Waals surface area contributed by atoms with Gasteiger partial charge in [0, 0.05) is 56.6 Å². The van der Waals surface area contributed by atoms with Crippen LogP contribution in [0.25, 0.3) is 33.8 Å². The van der Waals surface area contributed by atoms with Gasteiger partial charge in [-0.2, -0.15) is 0 Å². The smallest absolute Gasteiger partial charge is 0.309 e. The van der Waals surface area contributed by atoms with Gasteiger partial charge in [0.25, 0.3) is 0 Å². The largest absolute Gasteiger partial charge is 0.466 e. The summed E-state index contributed by atoms with van der Waals surface area (Å²) in [5.74, 6) is 3.23. The molecule has 10 aromatic rings. The van der Waals surface area contributed by atoms with Crippen LogP contribution < -0.4 is 9.47 Å². The second kappa shape index (κ2) is 19.8. The number of furan rings is 2. The molecular formula is C55H48N6O6. The van der Waals surface area contributed by atoms with Crippen molar-refractivity contribution in [1.29, 1.82) is 0 Å². The third-order valence-electron chi connectivity index (χ3n) is 11.0. The van der Waals surface area contributed by atoms with Crippen molar-refractivity contribution in [3.8, 4) is 34.3 Å². The minimum atomic E-state index is -0.406. The number of benzene rings is 4. The highest BCUT2D eigenvalue weighted by Crippen LogP contribution is 2.32. The predicted molar refractivity (Wildman–Crippen MR) is 255 cm³/mol. The summed E-state index contributed by atoms with van der Waals surface area (Å²) in [4.78, 5) is 43.7. The van der Waals surface area contributed by atoms with Crippen LogP contribution in [0.2, 0.25) is 0 Å². The Hall–Kier alpha value is -8.38. The number of aryl methyl sites for hydroxylation is 2. The van der Waals surface area contributed by atoms with Crippen LogP contribution in [0.3, 0.4) is 0 Å². The van der Waals surface area contributed by atoms with Crippen molar-refractivity contribution >= 4 is 23.2 Å². The van der Waals surface area contributed by atoms with Gasteiger partial charge in [-0.15, -0.1) is 0 Å². The zero-order valence-electron chi connectivity index (χ0n) is 37.7. The quantitative estimate of drug-likeness (QED) is 0.103. The van der Waals surface area contributed by atoms with E-state index in [9.17, 15) is 9.59 Å². The highest BCUT2D eigenvalue weighted by Gasteiger charge is 2.24. The van der Waals surface area contributed by atoms with E-state index < -0.39 is 11.9 Å². The molecule has 0 aliphatic rings. The highest BCUT2D eigenvalue weighted by atomic mass is 16.5. The number of rotatable bonds is 13. The Morgan fingerprint density at radius 1 is 0.478 bits per heavy atom. The maximum atomic E-state index is 12.0. The molecule has 0 bridgehead atoms. The standard InChI is InChI=1S/C28H25N3O3.C27H23N3O3/c1-3-22-14-15-23(34-22)17-25-28(33-19(2)32)31-18-26(21-12-8-5-9-13-21)29-24(27(31)30-25)16-20-10-6-4-7-11-20;1-18-13-14-22(32-18)16-24-27(33-19(2)31)30-17-25(21-11-7-4-8-12-21)28-23(26(30)29-24)15-20-9-5-3-6-10-20/h4-15,18H,3,16-17H2,1-2H3;3-14,17H,15-16H2,1-2H3. The summed E-state index contributed by atoms with van der Waals surface area (Å²) in [5.41, 5.74) is 9.94. The fourth-order valence-corrected chi connectivity index (χ4v) is 7.92. The molecule has 0 aliphatic heterocycles. The Morgan fingerprint density at radius 3 is 1.27 bits per heavy atom. The van der Waals surface area contributed by atoms with Crippen molar-refractivity contribution in [2.45, 2.75) is 59.8 Å². The number of carbonyl (C=O) groups excluding carboxylic acids is 2. The average molecular weight is 889 g/mol. The second-order valence-corrected chi connectivity index (χ2v) is 16.1. The predicted octanol–water partition coefficient (Wildman–Crippen LogP) is 11.1. The van der Waals surface area contributed by atoms with Gasteiger partial charge >= 0.3 is 11.9 Å². The van der Waals surface area contributed by atoms with E-state index in [0.29, 0.717) is 60.1 Å². The molecule has 67 heavy (non-hydrogen) atoms. The minimum Gasteiger partial charge on any atom is -0.466 e. The zero-order valence-corrected chi connectivity index (χ0v) is 37.7. The first-order valence-corrected chi connectivity index (χ1v) is 22.2. The highest BCUT2D eigenvalue weighted by molar-refractivity contribution is 5.72. The lowest BCUT2D eigenvalue weighted by molar-refractivity contribution is -0.133. The molecule has 0 unspecified atom stereocenters. The molecule has 4 aromatic carbocycles. The summed E-state index contributed by atoms with van der Waals surface area (Å²) in [6.07, 6.45) is 6.59. The molecule has 6 heterocycles. The Bertz CT molecular complexity index is 3300. The Morgan fingerprint density at radius 2 is 0.881 bits per heavy atom. The van der Waals surface area contributed by atoms with Gasteiger partial charge in [-0.1, -0.05) is 128 Å². The summed E-state index contributed by atoms with van der Waals surface area (Å²) >= 11 is 0. The average Bonchev–Trinajstić information content (AvgIpc) is 4.14.